The largest absolute Gasteiger partial charge is 0.207 e. The smallest absolute Gasteiger partial charge is 0.127 e. The van der Waals surface area contributed by atoms with Crippen molar-refractivity contribution in [3.05, 3.63) is 35.6 Å². The lowest BCUT2D eigenvalue weighted by Gasteiger charge is -2.18. The first-order chi connectivity index (χ1) is 5.02. The summed E-state index contributed by atoms with van der Waals surface area (Å²) in [5.74, 6) is -0.153. The molecule has 0 bridgehead atoms. The van der Waals surface area contributed by atoms with Gasteiger partial charge in [0.2, 0.25) is 0 Å². The van der Waals surface area contributed by atoms with E-state index in [-0.39, 0.29) is 10.7 Å². The van der Waals surface area contributed by atoms with Crippen LogP contribution in [0.15, 0.2) is 24.3 Å². The third kappa shape index (κ3) is 2.22. The third-order valence-corrected chi connectivity index (χ3v) is 2.08. The number of benzene rings is 1. The van der Waals surface area contributed by atoms with Crippen LogP contribution in [0.5, 0.6) is 0 Å². The second kappa shape index (κ2) is 3.17. The molecule has 0 heterocycles. The molecule has 0 N–H and O–H groups in total. The summed E-state index contributed by atoms with van der Waals surface area (Å²) >= 11 is 0. The average Bonchev–Trinajstić information content (AvgIpc) is 1.86. The van der Waals surface area contributed by atoms with Gasteiger partial charge < -0.3 is 0 Å². The average molecular weight is 188 g/mol. The van der Waals surface area contributed by atoms with E-state index in [1.165, 1.54) is 6.07 Å². The van der Waals surface area contributed by atoms with Crippen LogP contribution in [0.25, 0.3) is 0 Å². The molecule has 0 aromatic heterocycles. The van der Waals surface area contributed by atoms with Crippen LogP contribution >= 0.6 is 18.5 Å². The maximum atomic E-state index is 13.1. The third-order valence-electron chi connectivity index (χ3n) is 1.45. The quantitative estimate of drug-likeness (QED) is 0.594. The van der Waals surface area contributed by atoms with Crippen molar-refractivity contribution in [2.24, 2.45) is 0 Å². The van der Waals surface area contributed by atoms with Crippen molar-refractivity contribution in [3.63, 3.8) is 0 Å². The topological polar surface area (TPSA) is 0 Å². The summed E-state index contributed by atoms with van der Waals surface area (Å²) in [6, 6.07) is 6.79. The normalized spacial score (nSPS) is 11.6. The van der Waals surface area contributed by atoms with Crippen molar-refractivity contribution in [2.45, 2.75) is 11.8 Å². The molecule has 0 nitrogen and oxygen atoms in total. The highest BCUT2D eigenvalue weighted by molar-refractivity contribution is 7.38. The van der Waals surface area contributed by atoms with Gasteiger partial charge in [0.25, 0.3) is 0 Å². The van der Waals surface area contributed by atoms with Crippen LogP contribution in [-0.4, -0.2) is 0 Å². The number of halogens is 1. The molecule has 1 aromatic rings. The fourth-order valence-corrected chi connectivity index (χ4v) is 1.37. The monoisotopic (exact) mass is 188 g/mol. The summed E-state index contributed by atoms with van der Waals surface area (Å²) in [5.41, 5.74) is 0.704. The SMILES string of the molecule is CC(P)(P)c1ccccc1F. The van der Waals surface area contributed by atoms with Gasteiger partial charge in [-0.15, -0.1) is 18.5 Å². The van der Waals surface area contributed by atoms with Crippen LogP contribution in [0.4, 0.5) is 4.39 Å². The zero-order valence-corrected chi connectivity index (χ0v) is 8.65. The van der Waals surface area contributed by atoms with Gasteiger partial charge in [0.1, 0.15) is 5.82 Å². The molecule has 0 fully saturated rings. The van der Waals surface area contributed by atoms with Crippen LogP contribution in [-0.2, 0) is 4.90 Å². The lowest BCUT2D eigenvalue weighted by Crippen LogP contribution is -2.04. The molecule has 0 aliphatic carbocycles. The Balaban J connectivity index is 3.14. The van der Waals surface area contributed by atoms with E-state index in [1.54, 1.807) is 12.1 Å². The highest BCUT2D eigenvalue weighted by Gasteiger charge is 2.17. The first-order valence-corrected chi connectivity index (χ1v) is 4.50. The lowest BCUT2D eigenvalue weighted by atomic mass is 10.1. The maximum Gasteiger partial charge on any atom is 0.127 e. The fourth-order valence-electron chi connectivity index (χ4n) is 0.898. The molecule has 11 heavy (non-hydrogen) atoms. The molecule has 0 aliphatic rings. The molecule has 0 aliphatic heterocycles. The van der Waals surface area contributed by atoms with Crippen LogP contribution in [0, 0.1) is 5.82 Å². The second-order valence-electron chi connectivity index (χ2n) is 2.76. The van der Waals surface area contributed by atoms with Crippen molar-refractivity contribution in [1.29, 1.82) is 0 Å². The van der Waals surface area contributed by atoms with Gasteiger partial charge in [0.15, 0.2) is 0 Å². The van der Waals surface area contributed by atoms with E-state index in [0.717, 1.165) is 0 Å². The Bertz CT molecular complexity index is 253. The molecule has 0 saturated carbocycles. The zero-order chi connectivity index (χ0) is 8.48. The summed E-state index contributed by atoms with van der Waals surface area (Å²) in [7, 11) is 5.17. The fraction of sp³-hybridized carbons (Fsp3) is 0.250. The van der Waals surface area contributed by atoms with Crippen LogP contribution in [0.1, 0.15) is 12.5 Å². The van der Waals surface area contributed by atoms with Gasteiger partial charge in [-0.1, -0.05) is 18.2 Å². The number of rotatable bonds is 1. The Hall–Kier alpha value is 0.01000. The van der Waals surface area contributed by atoms with E-state index >= 15 is 0 Å². The minimum absolute atomic E-state index is 0.153. The van der Waals surface area contributed by atoms with Gasteiger partial charge >= 0.3 is 0 Å². The Morgan fingerprint density at radius 1 is 1.27 bits per heavy atom. The highest BCUT2D eigenvalue weighted by Crippen LogP contribution is 2.38. The lowest BCUT2D eigenvalue weighted by molar-refractivity contribution is 0.607. The predicted octanol–water partition coefficient (Wildman–Crippen LogP) is 2.75. The van der Waals surface area contributed by atoms with E-state index in [9.17, 15) is 4.39 Å². The standard InChI is InChI=1S/C8H11FP2/c1-8(10,11)6-4-2-3-5-7(6)9/h2-5H,10-11H2,1H3. The second-order valence-corrected chi connectivity index (χ2v) is 5.83. The van der Waals surface area contributed by atoms with Crippen molar-refractivity contribution >= 4 is 18.5 Å². The van der Waals surface area contributed by atoms with E-state index in [4.69, 9.17) is 0 Å². The van der Waals surface area contributed by atoms with Crippen molar-refractivity contribution in [2.75, 3.05) is 0 Å². The van der Waals surface area contributed by atoms with Gasteiger partial charge in [-0.2, -0.15) is 0 Å². The molecule has 0 saturated heterocycles. The van der Waals surface area contributed by atoms with E-state index in [0.29, 0.717) is 5.56 Å². The minimum Gasteiger partial charge on any atom is -0.207 e. The van der Waals surface area contributed by atoms with E-state index < -0.39 is 0 Å². The highest BCUT2D eigenvalue weighted by atomic mass is 31.1. The molecular formula is C8H11FP2. The van der Waals surface area contributed by atoms with Gasteiger partial charge in [-0.25, -0.2) is 4.39 Å². The first-order valence-electron chi connectivity index (χ1n) is 3.34. The van der Waals surface area contributed by atoms with Crippen LogP contribution in [0.2, 0.25) is 0 Å². The minimum atomic E-state index is -0.259. The van der Waals surface area contributed by atoms with E-state index in [1.807, 2.05) is 13.0 Å². The Labute approximate surface area is 71.0 Å². The van der Waals surface area contributed by atoms with Crippen molar-refractivity contribution in [3.8, 4) is 0 Å². The number of hydrogen-bond donors (Lipinski definition) is 0. The summed E-state index contributed by atoms with van der Waals surface area (Å²) in [4.78, 5) is -0.259. The molecular weight excluding hydrogens is 177 g/mol. The number of hydrogen-bond acceptors (Lipinski definition) is 0. The van der Waals surface area contributed by atoms with Crippen molar-refractivity contribution in [1.82, 2.24) is 0 Å². The van der Waals surface area contributed by atoms with Gasteiger partial charge in [0, 0.05) is 10.5 Å². The molecule has 60 valence electrons. The molecule has 2 atom stereocenters. The molecule has 1 aromatic carbocycles. The van der Waals surface area contributed by atoms with E-state index in [2.05, 4.69) is 18.5 Å². The summed E-state index contributed by atoms with van der Waals surface area (Å²) < 4.78 is 13.1. The summed E-state index contributed by atoms with van der Waals surface area (Å²) in [6.07, 6.45) is 0. The van der Waals surface area contributed by atoms with Gasteiger partial charge in [-0.3, -0.25) is 0 Å². The molecule has 1 rings (SSSR count). The predicted molar refractivity (Wildman–Crippen MR) is 53.2 cm³/mol. The molecule has 3 heteroatoms. The molecule has 2 unspecified atom stereocenters. The Morgan fingerprint density at radius 3 is 2.18 bits per heavy atom. The summed E-state index contributed by atoms with van der Waals surface area (Å²) in [5, 5.41) is 0. The van der Waals surface area contributed by atoms with Gasteiger partial charge in [0.05, 0.1) is 0 Å². The van der Waals surface area contributed by atoms with Gasteiger partial charge in [-0.05, 0) is 13.0 Å². The van der Waals surface area contributed by atoms with Crippen LogP contribution < -0.4 is 0 Å². The molecule has 0 spiro atoms. The Morgan fingerprint density at radius 2 is 1.82 bits per heavy atom. The first kappa shape index (κ1) is 9.10. The summed E-state index contributed by atoms with van der Waals surface area (Å²) in [6.45, 7) is 1.93. The maximum absolute atomic E-state index is 13.1. The molecule has 0 radical (unpaired) electrons. The Kier molecular flexibility index (Phi) is 2.62. The molecule has 0 amide bonds. The van der Waals surface area contributed by atoms with Crippen LogP contribution in [0.3, 0.4) is 0 Å². The zero-order valence-electron chi connectivity index (χ0n) is 6.34. The van der Waals surface area contributed by atoms with Crippen molar-refractivity contribution < 1.29 is 4.39 Å².